The van der Waals surface area contributed by atoms with E-state index in [1.807, 2.05) is 24.3 Å². The Bertz CT molecular complexity index is 1250. The summed E-state index contributed by atoms with van der Waals surface area (Å²) in [4.78, 5) is 9.85. The second kappa shape index (κ2) is 13.0. The molecule has 0 radical (unpaired) electrons. The van der Waals surface area contributed by atoms with Gasteiger partial charge in [-0.25, -0.2) is 4.98 Å². The SMILES string of the molecule is c1cc2nc(c1)-c1cccc(n1)-c1ccc(cc1)OCCCCCCCCOc1ccc(cc1)CCC2. The van der Waals surface area contributed by atoms with Gasteiger partial charge in [-0.2, -0.15) is 0 Å². The number of rotatable bonds is 0. The van der Waals surface area contributed by atoms with Gasteiger partial charge in [-0.15, -0.1) is 0 Å². The van der Waals surface area contributed by atoms with E-state index in [0.717, 1.165) is 85.2 Å². The smallest absolute Gasteiger partial charge is 0.119 e. The molecule has 37 heavy (non-hydrogen) atoms. The molecule has 8 bridgehead atoms. The fourth-order valence-corrected chi connectivity index (χ4v) is 4.74. The molecule has 0 N–H and O–H groups in total. The highest BCUT2D eigenvalue weighted by Crippen LogP contribution is 2.24. The van der Waals surface area contributed by atoms with Gasteiger partial charge in [0.15, 0.2) is 0 Å². The molecule has 4 aliphatic heterocycles. The van der Waals surface area contributed by atoms with Crippen LogP contribution in [0.4, 0.5) is 0 Å². The van der Waals surface area contributed by atoms with E-state index in [4.69, 9.17) is 19.4 Å². The number of hydrogen-bond donors (Lipinski definition) is 0. The van der Waals surface area contributed by atoms with E-state index < -0.39 is 0 Å². The lowest BCUT2D eigenvalue weighted by Gasteiger charge is -2.09. The summed E-state index contributed by atoms with van der Waals surface area (Å²) in [5, 5.41) is 0. The molecule has 2 aromatic heterocycles. The Morgan fingerprint density at radius 1 is 0.459 bits per heavy atom. The summed E-state index contributed by atoms with van der Waals surface area (Å²) in [5.41, 5.74) is 6.28. The molecule has 190 valence electrons. The second-order valence-electron chi connectivity index (χ2n) is 9.76. The molecule has 4 heteroatoms. The number of hydrogen-bond acceptors (Lipinski definition) is 4. The van der Waals surface area contributed by atoms with E-state index >= 15 is 0 Å². The quantitative estimate of drug-likeness (QED) is 0.249. The molecule has 0 atom stereocenters. The molecule has 0 fully saturated rings. The number of nitrogens with zero attached hydrogens (tertiary/aromatic N) is 2. The van der Waals surface area contributed by atoms with Crippen LogP contribution in [0.25, 0.3) is 22.6 Å². The van der Waals surface area contributed by atoms with Gasteiger partial charge in [0.1, 0.15) is 11.5 Å². The van der Waals surface area contributed by atoms with Crippen LogP contribution in [0.2, 0.25) is 0 Å². The Morgan fingerprint density at radius 2 is 1.03 bits per heavy atom. The van der Waals surface area contributed by atoms with E-state index in [-0.39, 0.29) is 0 Å². The number of aromatic nitrogens is 2. The zero-order valence-corrected chi connectivity index (χ0v) is 21.6. The molecule has 0 saturated carbocycles. The molecule has 6 heterocycles. The Balaban J connectivity index is 1.31. The zero-order valence-electron chi connectivity index (χ0n) is 21.6. The summed E-state index contributed by atoms with van der Waals surface area (Å²) >= 11 is 0. The van der Waals surface area contributed by atoms with Crippen molar-refractivity contribution < 1.29 is 9.47 Å². The number of benzene rings is 2. The van der Waals surface area contributed by atoms with Crippen molar-refractivity contribution in [1.82, 2.24) is 9.97 Å². The third-order valence-corrected chi connectivity index (χ3v) is 6.87. The van der Waals surface area contributed by atoms with Crippen LogP contribution in [-0.2, 0) is 12.8 Å². The lowest BCUT2D eigenvalue weighted by atomic mass is 10.1. The molecule has 4 aromatic rings. The first-order chi connectivity index (χ1) is 18.3. The lowest BCUT2D eigenvalue weighted by molar-refractivity contribution is 0.297. The van der Waals surface area contributed by atoms with Crippen molar-refractivity contribution in [3.8, 4) is 34.1 Å². The van der Waals surface area contributed by atoms with Crippen molar-refractivity contribution >= 4 is 0 Å². The van der Waals surface area contributed by atoms with Crippen LogP contribution in [0.3, 0.4) is 0 Å². The van der Waals surface area contributed by atoms with Gasteiger partial charge in [-0.05, 0) is 98.3 Å². The highest BCUT2D eigenvalue weighted by atomic mass is 16.5. The van der Waals surface area contributed by atoms with E-state index in [1.54, 1.807) is 0 Å². The first-order valence-corrected chi connectivity index (χ1v) is 13.7. The minimum absolute atomic E-state index is 0.758. The largest absolute Gasteiger partial charge is 0.494 e. The van der Waals surface area contributed by atoms with E-state index in [2.05, 4.69) is 60.7 Å². The standard InChI is InChI=1S/C33H36N2O2/c1-2-4-6-25-37-30-22-18-27(19-23-30)31-13-9-15-33(35-31)32-14-8-12-28(34-32)11-7-10-26-16-20-29(21-17-26)36-24-5-3-1/h8-9,12-23H,1-7,10-11,24-25H2. The second-order valence-corrected chi connectivity index (χ2v) is 9.76. The van der Waals surface area contributed by atoms with Gasteiger partial charge >= 0.3 is 0 Å². The van der Waals surface area contributed by atoms with Crippen LogP contribution in [-0.4, -0.2) is 23.2 Å². The summed E-state index contributed by atoms with van der Waals surface area (Å²) in [7, 11) is 0. The molecule has 4 aliphatic rings. The minimum atomic E-state index is 0.758. The summed E-state index contributed by atoms with van der Waals surface area (Å²) in [5.74, 6) is 1.88. The highest BCUT2D eigenvalue weighted by Gasteiger charge is 2.07. The van der Waals surface area contributed by atoms with Gasteiger partial charge in [-0.1, -0.05) is 49.9 Å². The fraction of sp³-hybridized carbons (Fsp3) is 0.333. The van der Waals surface area contributed by atoms with E-state index in [1.165, 1.54) is 31.2 Å². The zero-order chi connectivity index (χ0) is 25.1. The average molecular weight is 493 g/mol. The maximum Gasteiger partial charge on any atom is 0.119 e. The van der Waals surface area contributed by atoms with Gasteiger partial charge in [0, 0.05) is 11.3 Å². The third-order valence-electron chi connectivity index (χ3n) is 6.87. The molecule has 2 aromatic carbocycles. The maximum absolute atomic E-state index is 5.97. The van der Waals surface area contributed by atoms with E-state index in [0.29, 0.717) is 0 Å². The maximum atomic E-state index is 5.97. The molecular formula is C33H36N2O2. The molecular weight excluding hydrogens is 456 g/mol. The first kappa shape index (κ1) is 25.0. The molecule has 4 nitrogen and oxygen atoms in total. The van der Waals surface area contributed by atoms with Crippen molar-refractivity contribution in [3.05, 3.63) is 96.2 Å². The van der Waals surface area contributed by atoms with Crippen LogP contribution in [0.5, 0.6) is 11.5 Å². The van der Waals surface area contributed by atoms with Crippen molar-refractivity contribution in [2.45, 2.75) is 57.8 Å². The summed E-state index contributed by atoms with van der Waals surface area (Å²) in [6.45, 7) is 1.55. The first-order valence-electron chi connectivity index (χ1n) is 13.7. The third kappa shape index (κ3) is 7.42. The van der Waals surface area contributed by atoms with Crippen molar-refractivity contribution in [1.29, 1.82) is 0 Å². The van der Waals surface area contributed by atoms with Gasteiger partial charge in [0.05, 0.1) is 30.3 Å². The lowest BCUT2D eigenvalue weighted by Crippen LogP contribution is -1.99. The summed E-state index contributed by atoms with van der Waals surface area (Å²) in [6.07, 6.45) is 10.1. The molecule has 0 amide bonds. The van der Waals surface area contributed by atoms with Crippen LogP contribution in [0.1, 0.15) is 56.2 Å². The van der Waals surface area contributed by atoms with E-state index in [9.17, 15) is 0 Å². The van der Waals surface area contributed by atoms with Gasteiger partial charge < -0.3 is 9.47 Å². The van der Waals surface area contributed by atoms with Gasteiger partial charge in [-0.3, -0.25) is 4.98 Å². The fourth-order valence-electron chi connectivity index (χ4n) is 4.74. The molecule has 0 aliphatic carbocycles. The monoisotopic (exact) mass is 492 g/mol. The van der Waals surface area contributed by atoms with Crippen LogP contribution < -0.4 is 9.47 Å². The number of pyridine rings is 2. The summed E-state index contributed by atoms with van der Waals surface area (Å²) in [6, 6.07) is 29.2. The van der Waals surface area contributed by atoms with Gasteiger partial charge in [0.2, 0.25) is 0 Å². The topological polar surface area (TPSA) is 44.2 Å². The molecule has 0 spiro atoms. The van der Waals surface area contributed by atoms with Crippen LogP contribution >= 0.6 is 0 Å². The minimum Gasteiger partial charge on any atom is -0.494 e. The average Bonchev–Trinajstić information content (AvgIpc) is 2.95. The Morgan fingerprint density at radius 3 is 1.73 bits per heavy atom. The van der Waals surface area contributed by atoms with Crippen LogP contribution in [0.15, 0.2) is 84.9 Å². The van der Waals surface area contributed by atoms with Crippen molar-refractivity contribution in [3.63, 3.8) is 0 Å². The Labute approximate surface area is 220 Å². The Kier molecular flexibility index (Phi) is 8.82. The molecule has 0 unspecified atom stereocenters. The normalized spacial score (nSPS) is 15.4. The van der Waals surface area contributed by atoms with Crippen molar-refractivity contribution in [2.75, 3.05) is 13.2 Å². The number of aryl methyl sites for hydroxylation is 2. The number of ether oxygens (including phenoxy) is 2. The predicted octanol–water partition coefficient (Wildman–Crippen LogP) is 8.10. The summed E-state index contributed by atoms with van der Waals surface area (Å²) < 4.78 is 11.9. The van der Waals surface area contributed by atoms with Crippen LogP contribution in [0, 0.1) is 0 Å². The van der Waals surface area contributed by atoms with Gasteiger partial charge in [0.25, 0.3) is 0 Å². The predicted molar refractivity (Wildman–Crippen MR) is 150 cm³/mol. The Hall–Kier alpha value is -3.66. The molecule has 8 rings (SSSR count). The van der Waals surface area contributed by atoms with Crippen molar-refractivity contribution in [2.24, 2.45) is 0 Å². The molecule has 0 saturated heterocycles. The highest BCUT2D eigenvalue weighted by molar-refractivity contribution is 5.64.